The number of rotatable bonds is 2. The standard InChI is InChI=1S/C11H10BrClFN3/c1-6-3-8(12)9(14)4-11(6)17-5-10(7(2)13)15-16-17/h3-5,7H,1-2H3. The number of hydrogen-bond donors (Lipinski definition) is 0. The molecule has 1 unspecified atom stereocenters. The molecule has 0 saturated heterocycles. The third-order valence-corrected chi connectivity index (χ3v) is 3.24. The van der Waals surface area contributed by atoms with Crippen LogP contribution in [0.3, 0.4) is 0 Å². The highest BCUT2D eigenvalue weighted by atomic mass is 79.9. The molecule has 1 aromatic heterocycles. The molecule has 2 rings (SSSR count). The van der Waals surface area contributed by atoms with Gasteiger partial charge in [-0.3, -0.25) is 0 Å². The van der Waals surface area contributed by atoms with Crippen LogP contribution in [0.15, 0.2) is 22.8 Å². The van der Waals surface area contributed by atoms with Crippen LogP contribution in [-0.4, -0.2) is 15.0 Å². The Kier molecular flexibility index (Phi) is 3.49. The van der Waals surface area contributed by atoms with Gasteiger partial charge in [0, 0.05) is 6.07 Å². The Morgan fingerprint density at radius 3 is 2.76 bits per heavy atom. The lowest BCUT2D eigenvalue weighted by molar-refractivity contribution is 0.617. The highest BCUT2D eigenvalue weighted by molar-refractivity contribution is 9.10. The number of nitrogens with zero attached hydrogens (tertiary/aromatic N) is 3. The molecule has 1 heterocycles. The zero-order valence-electron chi connectivity index (χ0n) is 9.28. The summed E-state index contributed by atoms with van der Waals surface area (Å²) >= 11 is 9.04. The minimum absolute atomic E-state index is 0.218. The molecule has 0 N–H and O–H groups in total. The molecule has 1 atom stereocenters. The van der Waals surface area contributed by atoms with E-state index in [2.05, 4.69) is 26.2 Å². The third kappa shape index (κ3) is 2.50. The number of benzene rings is 1. The Labute approximate surface area is 112 Å². The number of halogens is 3. The Morgan fingerprint density at radius 1 is 1.47 bits per heavy atom. The Balaban J connectivity index is 2.49. The van der Waals surface area contributed by atoms with Crippen LogP contribution in [0.25, 0.3) is 5.69 Å². The molecule has 0 fully saturated rings. The summed E-state index contributed by atoms with van der Waals surface area (Å²) in [5.41, 5.74) is 2.22. The molecule has 17 heavy (non-hydrogen) atoms. The SMILES string of the molecule is Cc1cc(Br)c(F)cc1-n1cc(C(C)Cl)nn1. The van der Waals surface area contributed by atoms with Crippen molar-refractivity contribution in [1.82, 2.24) is 15.0 Å². The molecule has 0 amide bonds. The van der Waals surface area contributed by atoms with Gasteiger partial charge in [-0.2, -0.15) is 0 Å². The van der Waals surface area contributed by atoms with E-state index in [9.17, 15) is 4.39 Å². The smallest absolute Gasteiger partial charge is 0.139 e. The largest absolute Gasteiger partial charge is 0.220 e. The van der Waals surface area contributed by atoms with Crippen LogP contribution in [0.5, 0.6) is 0 Å². The van der Waals surface area contributed by atoms with Gasteiger partial charge in [0.05, 0.1) is 21.7 Å². The van der Waals surface area contributed by atoms with Crippen molar-refractivity contribution in [3.63, 3.8) is 0 Å². The van der Waals surface area contributed by atoms with Crippen LogP contribution in [0.4, 0.5) is 4.39 Å². The van der Waals surface area contributed by atoms with Crippen LogP contribution in [0.2, 0.25) is 0 Å². The van der Waals surface area contributed by atoms with Gasteiger partial charge in [0.25, 0.3) is 0 Å². The van der Waals surface area contributed by atoms with E-state index in [0.717, 1.165) is 5.56 Å². The molecule has 1 aromatic carbocycles. The first kappa shape index (κ1) is 12.5. The van der Waals surface area contributed by atoms with Crippen molar-refractivity contribution in [3.8, 4) is 5.69 Å². The van der Waals surface area contributed by atoms with E-state index in [4.69, 9.17) is 11.6 Å². The zero-order chi connectivity index (χ0) is 12.6. The summed E-state index contributed by atoms with van der Waals surface area (Å²) in [6.07, 6.45) is 1.70. The van der Waals surface area contributed by atoms with Crippen molar-refractivity contribution in [2.45, 2.75) is 19.2 Å². The summed E-state index contributed by atoms with van der Waals surface area (Å²) in [7, 11) is 0. The molecule has 2 aromatic rings. The quantitative estimate of drug-likeness (QED) is 0.789. The van der Waals surface area contributed by atoms with Crippen molar-refractivity contribution in [3.05, 3.63) is 39.9 Å². The Morgan fingerprint density at radius 2 is 2.18 bits per heavy atom. The van der Waals surface area contributed by atoms with Crippen molar-refractivity contribution >= 4 is 27.5 Å². The third-order valence-electron chi connectivity index (χ3n) is 2.40. The van der Waals surface area contributed by atoms with E-state index >= 15 is 0 Å². The summed E-state index contributed by atoms with van der Waals surface area (Å²) in [6, 6.07) is 3.12. The number of aryl methyl sites for hydroxylation is 1. The maximum absolute atomic E-state index is 13.5. The topological polar surface area (TPSA) is 30.7 Å². The van der Waals surface area contributed by atoms with Gasteiger partial charge >= 0.3 is 0 Å². The highest BCUT2D eigenvalue weighted by Crippen LogP contribution is 2.24. The first-order valence-corrected chi connectivity index (χ1v) is 6.24. The normalized spacial score (nSPS) is 12.8. The maximum Gasteiger partial charge on any atom is 0.139 e. The monoisotopic (exact) mass is 317 g/mol. The van der Waals surface area contributed by atoms with Crippen molar-refractivity contribution in [2.75, 3.05) is 0 Å². The van der Waals surface area contributed by atoms with Gasteiger partial charge in [-0.1, -0.05) is 5.21 Å². The minimum atomic E-state index is -0.332. The predicted molar refractivity (Wildman–Crippen MR) is 68.0 cm³/mol. The first-order valence-electron chi connectivity index (χ1n) is 5.01. The lowest BCUT2D eigenvalue weighted by atomic mass is 10.2. The minimum Gasteiger partial charge on any atom is -0.220 e. The Bertz CT molecular complexity index is 554. The fourth-order valence-corrected chi connectivity index (χ4v) is 2.02. The van der Waals surface area contributed by atoms with Crippen LogP contribution < -0.4 is 0 Å². The average Bonchev–Trinajstić information content (AvgIpc) is 2.72. The summed E-state index contributed by atoms with van der Waals surface area (Å²) < 4.78 is 15.4. The van der Waals surface area contributed by atoms with E-state index in [-0.39, 0.29) is 11.2 Å². The summed E-state index contributed by atoms with van der Waals surface area (Å²) in [5, 5.41) is 7.65. The van der Waals surface area contributed by atoms with Crippen LogP contribution >= 0.6 is 27.5 Å². The lowest BCUT2D eigenvalue weighted by Gasteiger charge is -2.06. The molecule has 0 bridgehead atoms. The first-order chi connectivity index (χ1) is 7.99. The van der Waals surface area contributed by atoms with Gasteiger partial charge in [0.2, 0.25) is 0 Å². The van der Waals surface area contributed by atoms with Gasteiger partial charge in [0.1, 0.15) is 11.5 Å². The molecule has 90 valence electrons. The molecule has 0 saturated carbocycles. The van der Waals surface area contributed by atoms with E-state index in [1.54, 1.807) is 12.3 Å². The van der Waals surface area contributed by atoms with Crippen molar-refractivity contribution in [1.29, 1.82) is 0 Å². The lowest BCUT2D eigenvalue weighted by Crippen LogP contribution is -1.99. The van der Waals surface area contributed by atoms with Gasteiger partial charge in [-0.25, -0.2) is 9.07 Å². The number of alkyl halides is 1. The molecule has 3 nitrogen and oxygen atoms in total. The molecule has 0 aliphatic rings. The fraction of sp³-hybridized carbons (Fsp3) is 0.273. The molecule has 6 heteroatoms. The second-order valence-electron chi connectivity index (χ2n) is 3.76. The maximum atomic E-state index is 13.5. The molecule has 0 aliphatic carbocycles. The fourth-order valence-electron chi connectivity index (χ4n) is 1.46. The van der Waals surface area contributed by atoms with Gasteiger partial charge in [-0.05, 0) is 41.4 Å². The number of hydrogen-bond acceptors (Lipinski definition) is 2. The second-order valence-corrected chi connectivity index (χ2v) is 5.27. The second kappa shape index (κ2) is 4.74. The average molecular weight is 319 g/mol. The van der Waals surface area contributed by atoms with Gasteiger partial charge in [-0.15, -0.1) is 16.7 Å². The van der Waals surface area contributed by atoms with Gasteiger partial charge in [0.15, 0.2) is 0 Å². The van der Waals surface area contributed by atoms with E-state index < -0.39 is 0 Å². The van der Waals surface area contributed by atoms with Crippen LogP contribution in [0, 0.1) is 12.7 Å². The molecule has 0 radical (unpaired) electrons. The highest BCUT2D eigenvalue weighted by Gasteiger charge is 2.11. The number of aromatic nitrogens is 3. The molecular weight excluding hydrogens is 308 g/mol. The molecule has 0 aliphatic heterocycles. The molecule has 0 spiro atoms. The van der Waals surface area contributed by atoms with Crippen LogP contribution in [-0.2, 0) is 0 Å². The Hall–Kier alpha value is -0.940. The van der Waals surface area contributed by atoms with Gasteiger partial charge < -0.3 is 0 Å². The zero-order valence-corrected chi connectivity index (χ0v) is 11.6. The van der Waals surface area contributed by atoms with E-state index in [0.29, 0.717) is 15.9 Å². The summed E-state index contributed by atoms with van der Waals surface area (Å²) in [4.78, 5) is 0. The van der Waals surface area contributed by atoms with Crippen molar-refractivity contribution in [2.24, 2.45) is 0 Å². The summed E-state index contributed by atoms with van der Waals surface area (Å²) in [6.45, 7) is 3.69. The van der Waals surface area contributed by atoms with Crippen LogP contribution in [0.1, 0.15) is 23.6 Å². The van der Waals surface area contributed by atoms with E-state index in [1.807, 2.05) is 13.8 Å². The van der Waals surface area contributed by atoms with Crippen molar-refractivity contribution < 1.29 is 4.39 Å². The van der Waals surface area contributed by atoms with E-state index in [1.165, 1.54) is 10.7 Å². The predicted octanol–water partition coefficient (Wildman–Crippen LogP) is 3.78. The molecular formula is C11H10BrClFN3. The summed E-state index contributed by atoms with van der Waals surface area (Å²) in [5.74, 6) is -0.332.